The zero-order chi connectivity index (χ0) is 15.9. The minimum atomic E-state index is -0.328. The highest BCUT2D eigenvalue weighted by Gasteiger charge is 2.07. The van der Waals surface area contributed by atoms with Crippen molar-refractivity contribution in [2.24, 2.45) is 0 Å². The second kappa shape index (κ2) is 7.53. The summed E-state index contributed by atoms with van der Waals surface area (Å²) in [6, 6.07) is 12.1. The first-order valence-corrected chi connectivity index (χ1v) is 6.84. The molecule has 0 heterocycles. The summed E-state index contributed by atoms with van der Waals surface area (Å²) in [7, 11) is 1.84. The lowest BCUT2D eigenvalue weighted by atomic mass is 10.1. The standard InChI is InChI=1S/C17H16F2N2O/c1-21(8-9-22-16-5-3-15(18)4-6-16)12-14-10-13(11-20)2-7-17(14)19/h2-7,10H,8-9,12H2,1H3. The maximum absolute atomic E-state index is 13.7. The monoisotopic (exact) mass is 302 g/mol. The van der Waals surface area contributed by atoms with Gasteiger partial charge in [0.1, 0.15) is 24.0 Å². The molecule has 0 aliphatic carbocycles. The van der Waals surface area contributed by atoms with Gasteiger partial charge in [-0.05, 0) is 49.5 Å². The fourth-order valence-corrected chi connectivity index (χ4v) is 1.99. The summed E-state index contributed by atoms with van der Waals surface area (Å²) in [4.78, 5) is 1.89. The third kappa shape index (κ3) is 4.54. The van der Waals surface area contributed by atoms with Crippen molar-refractivity contribution in [3.63, 3.8) is 0 Å². The number of halogens is 2. The lowest BCUT2D eigenvalue weighted by molar-refractivity contribution is 0.231. The van der Waals surface area contributed by atoms with Gasteiger partial charge in [0.05, 0.1) is 11.6 Å². The van der Waals surface area contributed by atoms with Gasteiger partial charge < -0.3 is 4.74 Å². The maximum atomic E-state index is 13.7. The van der Waals surface area contributed by atoms with E-state index in [1.54, 1.807) is 18.2 Å². The van der Waals surface area contributed by atoms with Crippen LogP contribution in [0, 0.1) is 23.0 Å². The Morgan fingerprint density at radius 3 is 2.55 bits per heavy atom. The Morgan fingerprint density at radius 2 is 1.86 bits per heavy atom. The van der Waals surface area contributed by atoms with Gasteiger partial charge in [0.25, 0.3) is 0 Å². The molecule has 22 heavy (non-hydrogen) atoms. The summed E-state index contributed by atoms with van der Waals surface area (Å²) in [5.41, 5.74) is 0.913. The van der Waals surface area contributed by atoms with E-state index in [9.17, 15) is 8.78 Å². The third-order valence-electron chi connectivity index (χ3n) is 3.17. The molecule has 0 N–H and O–H groups in total. The SMILES string of the molecule is CN(CCOc1ccc(F)cc1)Cc1cc(C#N)ccc1F. The smallest absolute Gasteiger partial charge is 0.127 e. The van der Waals surface area contributed by atoms with Crippen LogP contribution in [0.3, 0.4) is 0 Å². The van der Waals surface area contributed by atoms with Gasteiger partial charge in [-0.25, -0.2) is 8.78 Å². The van der Waals surface area contributed by atoms with E-state index >= 15 is 0 Å². The minimum Gasteiger partial charge on any atom is -0.492 e. The average Bonchev–Trinajstić information content (AvgIpc) is 2.51. The van der Waals surface area contributed by atoms with Crippen molar-refractivity contribution in [3.05, 3.63) is 65.2 Å². The molecule has 0 unspecified atom stereocenters. The summed E-state index contributed by atoms with van der Waals surface area (Å²) in [5.74, 6) is -0.0462. The van der Waals surface area contributed by atoms with Crippen molar-refractivity contribution in [2.45, 2.75) is 6.54 Å². The molecule has 0 saturated carbocycles. The zero-order valence-corrected chi connectivity index (χ0v) is 12.2. The molecule has 0 aliphatic rings. The van der Waals surface area contributed by atoms with E-state index in [2.05, 4.69) is 0 Å². The molecule has 5 heteroatoms. The molecule has 3 nitrogen and oxygen atoms in total. The van der Waals surface area contributed by atoms with E-state index in [0.29, 0.717) is 36.6 Å². The second-order valence-electron chi connectivity index (χ2n) is 4.96. The molecule has 0 radical (unpaired) electrons. The highest BCUT2D eigenvalue weighted by Crippen LogP contribution is 2.13. The summed E-state index contributed by atoms with van der Waals surface area (Å²) >= 11 is 0. The van der Waals surface area contributed by atoms with Gasteiger partial charge in [-0.3, -0.25) is 4.90 Å². The average molecular weight is 302 g/mol. The quantitative estimate of drug-likeness (QED) is 0.821. The predicted molar refractivity (Wildman–Crippen MR) is 79.3 cm³/mol. The van der Waals surface area contributed by atoms with E-state index in [-0.39, 0.29) is 11.6 Å². The number of ether oxygens (including phenoxy) is 1. The largest absolute Gasteiger partial charge is 0.492 e. The molecule has 0 aromatic heterocycles. The Hall–Kier alpha value is -2.45. The van der Waals surface area contributed by atoms with E-state index in [1.807, 2.05) is 18.0 Å². The Morgan fingerprint density at radius 1 is 1.14 bits per heavy atom. The van der Waals surface area contributed by atoms with Gasteiger partial charge in [-0.1, -0.05) is 0 Å². The van der Waals surface area contributed by atoms with Crippen molar-refractivity contribution in [1.82, 2.24) is 4.90 Å². The van der Waals surface area contributed by atoms with E-state index in [1.165, 1.54) is 24.3 Å². The van der Waals surface area contributed by atoms with Gasteiger partial charge in [0.2, 0.25) is 0 Å². The summed E-state index contributed by atoms with van der Waals surface area (Å²) in [6.45, 7) is 1.36. The molecular weight excluding hydrogens is 286 g/mol. The Balaban J connectivity index is 1.84. The number of nitrogens with zero attached hydrogens (tertiary/aromatic N) is 2. The fourth-order valence-electron chi connectivity index (χ4n) is 1.99. The first-order valence-electron chi connectivity index (χ1n) is 6.84. The van der Waals surface area contributed by atoms with Crippen molar-refractivity contribution in [2.75, 3.05) is 20.2 Å². The third-order valence-corrected chi connectivity index (χ3v) is 3.17. The van der Waals surface area contributed by atoms with E-state index < -0.39 is 0 Å². The Kier molecular flexibility index (Phi) is 5.45. The zero-order valence-electron chi connectivity index (χ0n) is 12.2. The van der Waals surface area contributed by atoms with Crippen LogP contribution in [0.1, 0.15) is 11.1 Å². The van der Waals surface area contributed by atoms with Gasteiger partial charge in [-0.2, -0.15) is 5.26 Å². The molecule has 0 atom stereocenters. The number of hydrogen-bond acceptors (Lipinski definition) is 3. The van der Waals surface area contributed by atoms with Crippen LogP contribution in [0.4, 0.5) is 8.78 Å². The highest BCUT2D eigenvalue weighted by molar-refractivity contribution is 5.33. The molecule has 0 amide bonds. The van der Waals surface area contributed by atoms with Crippen LogP contribution in [0.5, 0.6) is 5.75 Å². The maximum Gasteiger partial charge on any atom is 0.127 e. The van der Waals surface area contributed by atoms with Crippen molar-refractivity contribution < 1.29 is 13.5 Å². The van der Waals surface area contributed by atoms with Crippen LogP contribution in [0.2, 0.25) is 0 Å². The van der Waals surface area contributed by atoms with Crippen LogP contribution in [0.15, 0.2) is 42.5 Å². The first-order chi connectivity index (χ1) is 10.6. The molecule has 2 aromatic rings. The molecular formula is C17H16F2N2O. The molecule has 114 valence electrons. The second-order valence-corrected chi connectivity index (χ2v) is 4.96. The summed E-state index contributed by atoms with van der Waals surface area (Å²) in [5, 5.41) is 8.84. The van der Waals surface area contributed by atoms with Gasteiger partial charge in [0, 0.05) is 18.7 Å². The number of likely N-dealkylation sites (N-methyl/N-ethyl adjacent to an activating group) is 1. The molecule has 0 saturated heterocycles. The summed E-state index contributed by atoms with van der Waals surface area (Å²) in [6.07, 6.45) is 0. The molecule has 0 aliphatic heterocycles. The van der Waals surface area contributed by atoms with Crippen LogP contribution in [-0.4, -0.2) is 25.1 Å². The molecule has 2 aromatic carbocycles. The number of nitriles is 1. The Bertz CT molecular complexity index is 665. The fraction of sp³-hybridized carbons (Fsp3) is 0.235. The minimum absolute atomic E-state index is 0.308. The van der Waals surface area contributed by atoms with Crippen LogP contribution < -0.4 is 4.74 Å². The van der Waals surface area contributed by atoms with Crippen LogP contribution in [-0.2, 0) is 6.54 Å². The first kappa shape index (κ1) is 15.9. The van der Waals surface area contributed by atoms with Crippen LogP contribution >= 0.6 is 0 Å². The normalized spacial score (nSPS) is 10.5. The summed E-state index contributed by atoms with van der Waals surface area (Å²) < 4.78 is 31.9. The topological polar surface area (TPSA) is 36.3 Å². The molecule has 0 spiro atoms. The van der Waals surface area contributed by atoms with Gasteiger partial charge >= 0.3 is 0 Å². The van der Waals surface area contributed by atoms with Crippen molar-refractivity contribution in [1.29, 1.82) is 5.26 Å². The van der Waals surface area contributed by atoms with Crippen molar-refractivity contribution in [3.8, 4) is 11.8 Å². The predicted octanol–water partition coefficient (Wildman–Crippen LogP) is 3.35. The number of rotatable bonds is 6. The van der Waals surface area contributed by atoms with Crippen molar-refractivity contribution >= 4 is 0 Å². The lowest BCUT2D eigenvalue weighted by Crippen LogP contribution is -2.24. The highest BCUT2D eigenvalue weighted by atomic mass is 19.1. The Labute approximate surface area is 128 Å². The van der Waals surface area contributed by atoms with Gasteiger partial charge in [-0.15, -0.1) is 0 Å². The molecule has 0 fully saturated rings. The molecule has 0 bridgehead atoms. The van der Waals surface area contributed by atoms with Crippen LogP contribution in [0.25, 0.3) is 0 Å². The molecule has 2 rings (SSSR count). The van der Waals surface area contributed by atoms with Gasteiger partial charge in [0.15, 0.2) is 0 Å². The van der Waals surface area contributed by atoms with E-state index in [4.69, 9.17) is 10.00 Å². The number of hydrogen-bond donors (Lipinski definition) is 0. The number of benzene rings is 2. The lowest BCUT2D eigenvalue weighted by Gasteiger charge is -2.17. The van der Waals surface area contributed by atoms with E-state index in [0.717, 1.165) is 0 Å².